The van der Waals surface area contributed by atoms with Gasteiger partial charge >= 0.3 is 0 Å². The third kappa shape index (κ3) is 3.27. The Morgan fingerprint density at radius 2 is 1.80 bits per heavy atom. The molecule has 1 aliphatic heterocycles. The predicted octanol–water partition coefficient (Wildman–Crippen LogP) is 5.20. The highest BCUT2D eigenvalue weighted by molar-refractivity contribution is 5.83. The lowest BCUT2D eigenvalue weighted by Crippen LogP contribution is -2.32. The Labute approximate surface area is 150 Å². The van der Waals surface area contributed by atoms with E-state index in [1.54, 1.807) is 5.57 Å². The molecule has 0 atom stereocenters. The van der Waals surface area contributed by atoms with Crippen molar-refractivity contribution in [3.05, 3.63) is 77.0 Å². The number of rotatable bonds is 4. The minimum atomic E-state index is 1.07. The fourth-order valence-electron chi connectivity index (χ4n) is 3.95. The SMILES string of the molecule is CC1=C(c2ccccc2C)CN(CCc2c[nH]c3ccccc23)CC1. The summed E-state index contributed by atoms with van der Waals surface area (Å²) in [6.45, 7) is 7.88. The fourth-order valence-corrected chi connectivity index (χ4v) is 3.95. The second-order valence-corrected chi connectivity index (χ2v) is 7.21. The van der Waals surface area contributed by atoms with Crippen LogP contribution in [0, 0.1) is 6.92 Å². The Morgan fingerprint density at radius 1 is 1.00 bits per heavy atom. The Hall–Kier alpha value is -2.32. The van der Waals surface area contributed by atoms with Crippen LogP contribution in [-0.4, -0.2) is 29.5 Å². The maximum Gasteiger partial charge on any atom is 0.0456 e. The molecule has 0 fully saturated rings. The number of aromatic nitrogens is 1. The highest BCUT2D eigenvalue weighted by Crippen LogP contribution is 2.29. The summed E-state index contributed by atoms with van der Waals surface area (Å²) in [6, 6.07) is 17.4. The first-order chi connectivity index (χ1) is 12.2. The molecule has 128 valence electrons. The smallest absolute Gasteiger partial charge is 0.0456 e. The van der Waals surface area contributed by atoms with Crippen molar-refractivity contribution in [3.8, 4) is 0 Å². The van der Waals surface area contributed by atoms with Gasteiger partial charge in [0.2, 0.25) is 0 Å². The molecular weight excluding hydrogens is 304 g/mol. The molecule has 2 heterocycles. The van der Waals surface area contributed by atoms with Crippen LogP contribution in [0.1, 0.15) is 30.0 Å². The van der Waals surface area contributed by atoms with Crippen LogP contribution in [-0.2, 0) is 6.42 Å². The van der Waals surface area contributed by atoms with E-state index in [-0.39, 0.29) is 0 Å². The van der Waals surface area contributed by atoms with E-state index >= 15 is 0 Å². The second kappa shape index (κ2) is 6.89. The Kier molecular flexibility index (Phi) is 4.46. The zero-order valence-corrected chi connectivity index (χ0v) is 15.2. The van der Waals surface area contributed by atoms with E-state index in [0.717, 1.165) is 19.5 Å². The van der Waals surface area contributed by atoms with Gasteiger partial charge in [0.25, 0.3) is 0 Å². The quantitative estimate of drug-likeness (QED) is 0.697. The van der Waals surface area contributed by atoms with E-state index in [4.69, 9.17) is 0 Å². The van der Waals surface area contributed by atoms with Gasteiger partial charge in [-0.1, -0.05) is 48.0 Å². The van der Waals surface area contributed by atoms with Crippen LogP contribution in [0.15, 0.2) is 60.3 Å². The number of aromatic amines is 1. The minimum absolute atomic E-state index is 1.07. The number of fused-ring (bicyclic) bond motifs is 1. The van der Waals surface area contributed by atoms with Crippen LogP contribution in [0.3, 0.4) is 0 Å². The number of nitrogens with zero attached hydrogens (tertiary/aromatic N) is 1. The number of H-pyrrole nitrogens is 1. The normalized spacial score (nSPS) is 15.9. The predicted molar refractivity (Wildman–Crippen MR) is 107 cm³/mol. The summed E-state index contributed by atoms with van der Waals surface area (Å²) in [5.74, 6) is 0. The van der Waals surface area contributed by atoms with Gasteiger partial charge in [-0.2, -0.15) is 0 Å². The van der Waals surface area contributed by atoms with Crippen LogP contribution in [0.2, 0.25) is 0 Å². The molecule has 25 heavy (non-hydrogen) atoms. The summed E-state index contributed by atoms with van der Waals surface area (Å²) in [7, 11) is 0. The molecule has 1 N–H and O–H groups in total. The molecule has 0 saturated heterocycles. The fraction of sp³-hybridized carbons (Fsp3) is 0.304. The van der Waals surface area contributed by atoms with Gasteiger partial charge in [0.1, 0.15) is 0 Å². The highest BCUT2D eigenvalue weighted by Gasteiger charge is 2.19. The molecule has 2 heteroatoms. The van der Waals surface area contributed by atoms with E-state index in [2.05, 4.69) is 78.5 Å². The molecule has 0 saturated carbocycles. The monoisotopic (exact) mass is 330 g/mol. The van der Waals surface area contributed by atoms with E-state index in [9.17, 15) is 0 Å². The van der Waals surface area contributed by atoms with Gasteiger partial charge in [0.05, 0.1) is 0 Å². The maximum absolute atomic E-state index is 3.40. The van der Waals surface area contributed by atoms with Gasteiger partial charge in [-0.3, -0.25) is 4.90 Å². The standard InChI is InChI=1S/C23H26N2/c1-17-7-3-4-8-20(17)22-16-25(13-11-18(22)2)14-12-19-15-24-23-10-6-5-9-21(19)23/h3-10,15,24H,11-14,16H2,1-2H3. The van der Waals surface area contributed by atoms with Crippen molar-refractivity contribution in [3.63, 3.8) is 0 Å². The molecule has 1 aromatic heterocycles. The summed E-state index contributed by atoms with van der Waals surface area (Å²) in [6.07, 6.45) is 4.46. The first-order valence-corrected chi connectivity index (χ1v) is 9.24. The largest absolute Gasteiger partial charge is 0.361 e. The summed E-state index contributed by atoms with van der Waals surface area (Å²) in [4.78, 5) is 6.00. The van der Waals surface area contributed by atoms with Crippen molar-refractivity contribution in [2.24, 2.45) is 0 Å². The summed E-state index contributed by atoms with van der Waals surface area (Å²) in [5.41, 5.74) is 8.57. The Morgan fingerprint density at radius 3 is 2.68 bits per heavy atom. The Balaban J connectivity index is 1.49. The lowest BCUT2D eigenvalue weighted by Gasteiger charge is -2.30. The van der Waals surface area contributed by atoms with E-state index < -0.39 is 0 Å². The number of para-hydroxylation sites is 1. The second-order valence-electron chi connectivity index (χ2n) is 7.21. The summed E-state index contributed by atoms with van der Waals surface area (Å²) in [5, 5.41) is 1.37. The molecule has 3 aromatic rings. The van der Waals surface area contributed by atoms with Crippen LogP contribution in [0.4, 0.5) is 0 Å². The zero-order valence-electron chi connectivity index (χ0n) is 15.2. The van der Waals surface area contributed by atoms with Crippen LogP contribution in [0.5, 0.6) is 0 Å². The van der Waals surface area contributed by atoms with E-state index in [1.165, 1.54) is 46.1 Å². The van der Waals surface area contributed by atoms with Crippen molar-refractivity contribution < 1.29 is 0 Å². The highest BCUT2D eigenvalue weighted by atomic mass is 15.1. The molecule has 0 spiro atoms. The first kappa shape index (κ1) is 16.2. The molecule has 0 radical (unpaired) electrons. The minimum Gasteiger partial charge on any atom is -0.361 e. The van der Waals surface area contributed by atoms with Crippen molar-refractivity contribution in [2.75, 3.05) is 19.6 Å². The molecule has 4 rings (SSSR count). The van der Waals surface area contributed by atoms with Crippen LogP contribution in [0.25, 0.3) is 16.5 Å². The van der Waals surface area contributed by atoms with Crippen LogP contribution >= 0.6 is 0 Å². The average molecular weight is 330 g/mol. The molecule has 0 bridgehead atoms. The molecule has 0 amide bonds. The van der Waals surface area contributed by atoms with Gasteiger partial charge in [0, 0.05) is 36.7 Å². The topological polar surface area (TPSA) is 19.0 Å². The summed E-state index contributed by atoms with van der Waals surface area (Å²) < 4.78 is 0. The molecule has 2 nitrogen and oxygen atoms in total. The van der Waals surface area contributed by atoms with E-state index in [1.807, 2.05) is 0 Å². The van der Waals surface area contributed by atoms with Gasteiger partial charge in [-0.15, -0.1) is 0 Å². The van der Waals surface area contributed by atoms with Crippen molar-refractivity contribution >= 4 is 16.5 Å². The average Bonchev–Trinajstić information content (AvgIpc) is 3.05. The van der Waals surface area contributed by atoms with Gasteiger partial charge in [-0.05, 0) is 55.0 Å². The van der Waals surface area contributed by atoms with Crippen molar-refractivity contribution in [1.29, 1.82) is 0 Å². The zero-order chi connectivity index (χ0) is 17.2. The first-order valence-electron chi connectivity index (χ1n) is 9.24. The molecule has 2 aromatic carbocycles. The lowest BCUT2D eigenvalue weighted by atomic mass is 9.92. The number of benzene rings is 2. The lowest BCUT2D eigenvalue weighted by molar-refractivity contribution is 0.304. The van der Waals surface area contributed by atoms with Gasteiger partial charge in [0.15, 0.2) is 0 Å². The van der Waals surface area contributed by atoms with Crippen molar-refractivity contribution in [2.45, 2.75) is 26.7 Å². The third-order valence-electron chi connectivity index (χ3n) is 5.54. The van der Waals surface area contributed by atoms with Gasteiger partial charge < -0.3 is 4.98 Å². The maximum atomic E-state index is 3.40. The molecule has 1 aliphatic rings. The Bertz CT molecular complexity index is 916. The third-order valence-corrected chi connectivity index (χ3v) is 5.54. The number of hydrogen-bond donors (Lipinski definition) is 1. The van der Waals surface area contributed by atoms with Crippen LogP contribution < -0.4 is 0 Å². The number of nitrogens with one attached hydrogen (secondary N) is 1. The van der Waals surface area contributed by atoms with Crippen molar-refractivity contribution in [1.82, 2.24) is 9.88 Å². The van der Waals surface area contributed by atoms with Gasteiger partial charge in [-0.25, -0.2) is 0 Å². The molecule has 0 aliphatic carbocycles. The summed E-state index contributed by atoms with van der Waals surface area (Å²) >= 11 is 0. The number of aryl methyl sites for hydroxylation is 1. The molecule has 0 unspecified atom stereocenters. The molecular formula is C23H26N2. The number of hydrogen-bond acceptors (Lipinski definition) is 1. The van der Waals surface area contributed by atoms with E-state index in [0.29, 0.717) is 0 Å².